The Bertz CT molecular complexity index is 850. The Kier molecular flexibility index (Phi) is 3.66. The highest BCUT2D eigenvalue weighted by atomic mass is 32.1. The molecule has 0 aliphatic carbocycles. The maximum absolute atomic E-state index is 4.81. The van der Waals surface area contributed by atoms with Gasteiger partial charge in [-0.1, -0.05) is 23.5 Å². The van der Waals surface area contributed by atoms with Gasteiger partial charge in [0.1, 0.15) is 5.01 Å². The minimum absolute atomic E-state index is 0.429. The van der Waals surface area contributed by atoms with Gasteiger partial charge in [-0.2, -0.15) is 9.61 Å². The van der Waals surface area contributed by atoms with E-state index in [1.54, 1.807) is 11.3 Å². The lowest BCUT2D eigenvalue weighted by Gasteiger charge is -2.28. The molecular weight excluding hydrogens is 306 g/mol. The first-order valence-corrected chi connectivity index (χ1v) is 8.92. The lowest BCUT2D eigenvalue weighted by molar-refractivity contribution is 0.244. The number of nitrogens with zero attached hydrogens (tertiary/aromatic N) is 5. The number of hydrogen-bond donors (Lipinski definition) is 0. The second kappa shape index (κ2) is 5.69. The molecule has 1 atom stereocenters. The van der Waals surface area contributed by atoms with E-state index in [0.717, 1.165) is 27.9 Å². The van der Waals surface area contributed by atoms with Gasteiger partial charge in [0.05, 0.1) is 0 Å². The van der Waals surface area contributed by atoms with Crippen molar-refractivity contribution in [3.05, 3.63) is 35.2 Å². The van der Waals surface area contributed by atoms with Crippen molar-refractivity contribution >= 4 is 16.3 Å². The summed E-state index contributed by atoms with van der Waals surface area (Å²) in [4.78, 5) is 3.26. The molecule has 1 unspecified atom stereocenters. The van der Waals surface area contributed by atoms with Crippen molar-refractivity contribution < 1.29 is 0 Å². The molecule has 0 N–H and O–H groups in total. The van der Waals surface area contributed by atoms with E-state index in [4.69, 9.17) is 5.10 Å². The van der Waals surface area contributed by atoms with Crippen LogP contribution in [-0.4, -0.2) is 44.8 Å². The molecule has 1 saturated heterocycles. The molecule has 3 heterocycles. The van der Waals surface area contributed by atoms with Crippen molar-refractivity contribution in [1.29, 1.82) is 0 Å². The number of aryl methyl sites for hydroxylation is 2. The number of piperidine rings is 1. The Balaban J connectivity index is 1.72. The molecule has 0 amide bonds. The van der Waals surface area contributed by atoms with Crippen molar-refractivity contribution in [3.63, 3.8) is 0 Å². The lowest BCUT2D eigenvalue weighted by Crippen LogP contribution is -2.31. The van der Waals surface area contributed by atoms with Crippen molar-refractivity contribution in [2.24, 2.45) is 0 Å². The predicted octanol–water partition coefficient (Wildman–Crippen LogP) is 3.28. The van der Waals surface area contributed by atoms with Crippen LogP contribution < -0.4 is 0 Å². The van der Waals surface area contributed by atoms with Crippen molar-refractivity contribution in [2.45, 2.75) is 32.6 Å². The van der Waals surface area contributed by atoms with Gasteiger partial charge in [0.2, 0.25) is 4.96 Å². The Morgan fingerprint density at radius 1 is 1.17 bits per heavy atom. The van der Waals surface area contributed by atoms with Crippen LogP contribution in [0.5, 0.6) is 0 Å². The summed E-state index contributed by atoms with van der Waals surface area (Å²) in [6, 6.07) is 6.50. The van der Waals surface area contributed by atoms with Gasteiger partial charge in [-0.15, -0.1) is 10.2 Å². The summed E-state index contributed by atoms with van der Waals surface area (Å²) in [6.07, 6.45) is 2.38. The van der Waals surface area contributed by atoms with E-state index in [-0.39, 0.29) is 0 Å². The summed E-state index contributed by atoms with van der Waals surface area (Å²) < 4.78 is 1.96. The molecule has 0 bridgehead atoms. The predicted molar refractivity (Wildman–Crippen MR) is 93.0 cm³/mol. The summed E-state index contributed by atoms with van der Waals surface area (Å²) in [5.41, 5.74) is 3.76. The van der Waals surface area contributed by atoms with E-state index < -0.39 is 0 Å². The molecule has 2 aromatic heterocycles. The molecule has 0 spiro atoms. The number of fused-ring (bicyclic) bond motifs is 1. The fourth-order valence-electron chi connectivity index (χ4n) is 3.25. The molecule has 1 aromatic carbocycles. The molecule has 3 aromatic rings. The third kappa shape index (κ3) is 2.66. The second-order valence-corrected chi connectivity index (χ2v) is 7.52. The Labute approximate surface area is 140 Å². The fraction of sp³-hybridized carbons (Fsp3) is 0.471. The highest BCUT2D eigenvalue weighted by molar-refractivity contribution is 7.19. The van der Waals surface area contributed by atoms with Gasteiger partial charge in [-0.05, 0) is 57.5 Å². The van der Waals surface area contributed by atoms with E-state index in [1.807, 2.05) is 4.52 Å². The largest absolute Gasteiger partial charge is 0.306 e. The van der Waals surface area contributed by atoms with Crippen LogP contribution in [0.4, 0.5) is 0 Å². The Hall–Kier alpha value is -1.79. The van der Waals surface area contributed by atoms with Crippen molar-refractivity contribution in [2.75, 3.05) is 20.1 Å². The van der Waals surface area contributed by atoms with Crippen LogP contribution in [0.15, 0.2) is 18.2 Å². The molecule has 0 radical (unpaired) electrons. The fourth-order valence-corrected chi connectivity index (χ4v) is 4.10. The third-order valence-corrected chi connectivity index (χ3v) is 5.71. The van der Waals surface area contributed by atoms with Gasteiger partial charge in [0.15, 0.2) is 5.82 Å². The molecule has 1 aliphatic rings. The quantitative estimate of drug-likeness (QED) is 0.725. The number of benzene rings is 1. The standard InChI is InChI=1S/C17H21N5S/c1-11-6-7-13(9-12(11)2)16-20-22-15(18-19-17(22)23-16)14-5-4-8-21(3)10-14/h6-7,9,14H,4-5,8,10H2,1-3H3. The monoisotopic (exact) mass is 327 g/mol. The van der Waals surface area contributed by atoms with E-state index in [0.29, 0.717) is 5.92 Å². The molecule has 0 saturated carbocycles. The Morgan fingerprint density at radius 2 is 2.04 bits per heavy atom. The minimum Gasteiger partial charge on any atom is -0.306 e. The Morgan fingerprint density at radius 3 is 2.83 bits per heavy atom. The molecule has 6 heteroatoms. The summed E-state index contributed by atoms with van der Waals surface area (Å²) in [6.45, 7) is 6.48. The SMILES string of the molecule is Cc1ccc(-c2nn3c(C4CCCN(C)C4)nnc3s2)cc1C. The van der Waals surface area contributed by atoms with Crippen LogP contribution >= 0.6 is 11.3 Å². The van der Waals surface area contributed by atoms with E-state index >= 15 is 0 Å². The zero-order valence-corrected chi connectivity index (χ0v) is 14.6. The van der Waals surface area contributed by atoms with Crippen LogP contribution in [0.3, 0.4) is 0 Å². The zero-order valence-electron chi connectivity index (χ0n) is 13.8. The molecule has 23 heavy (non-hydrogen) atoms. The van der Waals surface area contributed by atoms with E-state index in [2.05, 4.69) is 54.2 Å². The van der Waals surface area contributed by atoms with Crippen LogP contribution in [0.1, 0.15) is 35.7 Å². The highest BCUT2D eigenvalue weighted by Gasteiger charge is 2.25. The summed E-state index contributed by atoms with van der Waals surface area (Å²) in [7, 11) is 2.17. The van der Waals surface area contributed by atoms with Crippen LogP contribution in [-0.2, 0) is 0 Å². The van der Waals surface area contributed by atoms with Crippen LogP contribution in [0.25, 0.3) is 15.5 Å². The number of likely N-dealkylation sites (N-methyl/N-ethyl adjacent to an activating group) is 1. The minimum atomic E-state index is 0.429. The zero-order chi connectivity index (χ0) is 16.0. The van der Waals surface area contributed by atoms with Gasteiger partial charge >= 0.3 is 0 Å². The summed E-state index contributed by atoms with van der Waals surface area (Å²) in [5.74, 6) is 1.44. The first-order valence-electron chi connectivity index (χ1n) is 8.10. The highest BCUT2D eigenvalue weighted by Crippen LogP contribution is 2.30. The lowest BCUT2D eigenvalue weighted by atomic mass is 9.98. The molecule has 120 valence electrons. The normalized spacial score (nSPS) is 19.5. The number of hydrogen-bond acceptors (Lipinski definition) is 5. The molecular formula is C17H21N5S. The van der Waals surface area contributed by atoms with Crippen LogP contribution in [0, 0.1) is 13.8 Å². The van der Waals surface area contributed by atoms with E-state index in [1.165, 1.54) is 30.5 Å². The van der Waals surface area contributed by atoms with Crippen molar-refractivity contribution in [1.82, 2.24) is 24.7 Å². The van der Waals surface area contributed by atoms with Crippen molar-refractivity contribution in [3.8, 4) is 10.6 Å². The third-order valence-electron chi connectivity index (χ3n) is 4.76. The first-order chi connectivity index (χ1) is 11.1. The van der Waals surface area contributed by atoms with Gasteiger partial charge in [-0.3, -0.25) is 0 Å². The molecule has 4 rings (SSSR count). The topological polar surface area (TPSA) is 46.3 Å². The van der Waals surface area contributed by atoms with Gasteiger partial charge in [0.25, 0.3) is 0 Å². The average molecular weight is 327 g/mol. The smallest absolute Gasteiger partial charge is 0.234 e. The summed E-state index contributed by atoms with van der Waals surface area (Å²) in [5, 5.41) is 14.6. The van der Waals surface area contributed by atoms with E-state index in [9.17, 15) is 0 Å². The number of rotatable bonds is 2. The first kappa shape index (κ1) is 14.8. The van der Waals surface area contributed by atoms with Gasteiger partial charge in [0, 0.05) is 18.0 Å². The second-order valence-electron chi connectivity index (χ2n) is 6.56. The summed E-state index contributed by atoms with van der Waals surface area (Å²) >= 11 is 1.62. The van der Waals surface area contributed by atoms with Gasteiger partial charge < -0.3 is 4.90 Å². The molecule has 1 fully saturated rings. The average Bonchev–Trinajstić information content (AvgIpc) is 3.10. The maximum atomic E-state index is 4.81. The molecule has 1 aliphatic heterocycles. The maximum Gasteiger partial charge on any atom is 0.234 e. The number of likely N-dealkylation sites (tertiary alicyclic amines) is 1. The van der Waals surface area contributed by atoms with Gasteiger partial charge in [-0.25, -0.2) is 0 Å². The number of aromatic nitrogens is 4. The molecule has 5 nitrogen and oxygen atoms in total. The van der Waals surface area contributed by atoms with Crippen LogP contribution in [0.2, 0.25) is 0 Å².